The summed E-state index contributed by atoms with van der Waals surface area (Å²) in [6.07, 6.45) is 15.7. The van der Waals surface area contributed by atoms with Crippen molar-refractivity contribution in [1.29, 1.82) is 0 Å². The van der Waals surface area contributed by atoms with E-state index in [2.05, 4.69) is 39.8 Å². The van der Waals surface area contributed by atoms with E-state index in [0.29, 0.717) is 0 Å². The van der Waals surface area contributed by atoms with Crippen LogP contribution in [0.1, 0.15) is 68.2 Å². The van der Waals surface area contributed by atoms with Gasteiger partial charge in [-0.1, -0.05) is 75.3 Å². The van der Waals surface area contributed by atoms with E-state index in [-0.39, 0.29) is 29.6 Å². The van der Waals surface area contributed by atoms with Crippen molar-refractivity contribution in [1.82, 2.24) is 0 Å². The highest BCUT2D eigenvalue weighted by Crippen LogP contribution is 2.28. The maximum atomic E-state index is 13.4. The highest BCUT2D eigenvalue weighted by atomic mass is 16.6. The third kappa shape index (κ3) is 9.38. The van der Waals surface area contributed by atoms with Gasteiger partial charge in [0.15, 0.2) is 0 Å². The van der Waals surface area contributed by atoms with Crippen LogP contribution in [0.3, 0.4) is 0 Å². The second-order valence-corrected chi connectivity index (χ2v) is 11.3. The lowest BCUT2D eigenvalue weighted by atomic mass is 9.87. The maximum Gasteiger partial charge on any atom is 0.373 e. The molecule has 222 valence electrons. The van der Waals surface area contributed by atoms with Crippen LogP contribution in [-0.4, -0.2) is 49.7 Å². The normalized spacial score (nSPS) is 34.8. The number of esters is 1. The van der Waals surface area contributed by atoms with Gasteiger partial charge in [0.25, 0.3) is 0 Å². The van der Waals surface area contributed by atoms with Crippen LogP contribution in [0.15, 0.2) is 82.4 Å². The maximum absolute atomic E-state index is 13.4. The Morgan fingerprint density at radius 3 is 2.48 bits per heavy atom. The fraction of sp³-hybridized carbons (Fsp3) is 0.559. The molecule has 2 heterocycles. The number of aliphatic hydroxyl groups is 1. The van der Waals surface area contributed by atoms with Crippen LogP contribution in [0.4, 0.5) is 0 Å². The van der Waals surface area contributed by atoms with E-state index in [1.165, 1.54) is 12.7 Å². The van der Waals surface area contributed by atoms with Crippen LogP contribution in [0.2, 0.25) is 0 Å². The summed E-state index contributed by atoms with van der Waals surface area (Å²) in [5.41, 5.74) is 4.13. The zero-order valence-electron chi connectivity index (χ0n) is 26.1. The molecule has 1 N–H and O–H groups in total. The third-order valence-corrected chi connectivity index (χ3v) is 7.66. The topological polar surface area (TPSA) is 74.2 Å². The van der Waals surface area contributed by atoms with E-state index < -0.39 is 24.3 Å². The highest BCUT2D eigenvalue weighted by molar-refractivity contribution is 5.87. The van der Waals surface area contributed by atoms with Crippen LogP contribution in [0.25, 0.3) is 0 Å². The van der Waals surface area contributed by atoms with Crippen molar-refractivity contribution >= 4 is 5.97 Å². The Morgan fingerprint density at radius 1 is 1.15 bits per heavy atom. The summed E-state index contributed by atoms with van der Waals surface area (Å²) in [7, 11) is 3.06. The molecule has 7 atom stereocenters. The van der Waals surface area contributed by atoms with Crippen molar-refractivity contribution in [2.24, 2.45) is 17.8 Å². The number of allylic oxidation sites excluding steroid dienone is 8. The molecule has 2 aliphatic heterocycles. The van der Waals surface area contributed by atoms with Crippen molar-refractivity contribution in [3.63, 3.8) is 0 Å². The average molecular weight is 555 g/mol. The molecule has 0 radical (unpaired) electrons. The molecule has 0 aliphatic carbocycles. The summed E-state index contributed by atoms with van der Waals surface area (Å²) >= 11 is 0. The highest BCUT2D eigenvalue weighted by Gasteiger charge is 2.31. The number of cyclic esters (lactones) is 1. The largest absolute Gasteiger partial charge is 0.490 e. The summed E-state index contributed by atoms with van der Waals surface area (Å²) in [5.74, 6) is 0.0885. The first-order chi connectivity index (χ1) is 18.9. The molecule has 0 amide bonds. The third-order valence-electron chi connectivity index (χ3n) is 7.66. The second kappa shape index (κ2) is 15.8. The smallest absolute Gasteiger partial charge is 0.373 e. The van der Waals surface area contributed by atoms with Gasteiger partial charge >= 0.3 is 5.97 Å². The predicted octanol–water partition coefficient (Wildman–Crippen LogP) is 7.15. The molecule has 0 saturated carbocycles. The number of hydrogen-bond donors (Lipinski definition) is 1. The summed E-state index contributed by atoms with van der Waals surface area (Å²) in [5, 5.41) is 10.9. The second-order valence-electron chi connectivity index (χ2n) is 11.3. The molecule has 0 spiro atoms. The Hall–Kier alpha value is -2.83. The number of ether oxygens (including phenoxy) is 4. The Bertz CT molecular complexity index is 1090. The van der Waals surface area contributed by atoms with Crippen LogP contribution in [0.5, 0.6) is 0 Å². The van der Waals surface area contributed by atoms with Gasteiger partial charge < -0.3 is 24.1 Å². The van der Waals surface area contributed by atoms with Crippen LogP contribution >= 0.6 is 0 Å². The number of methoxy groups -OCH3 is 2. The molecule has 2 rings (SSSR count). The predicted molar refractivity (Wildman–Crippen MR) is 161 cm³/mol. The molecule has 6 nitrogen and oxygen atoms in total. The minimum Gasteiger partial charge on any atom is -0.490 e. The zero-order chi connectivity index (χ0) is 30.0. The monoisotopic (exact) mass is 554 g/mol. The van der Waals surface area contributed by atoms with Gasteiger partial charge in [-0.3, -0.25) is 0 Å². The van der Waals surface area contributed by atoms with Gasteiger partial charge in [0, 0.05) is 18.9 Å². The van der Waals surface area contributed by atoms with Crippen LogP contribution in [-0.2, 0) is 23.7 Å². The molecule has 0 unspecified atom stereocenters. The number of hydrogen-bond acceptors (Lipinski definition) is 6. The van der Waals surface area contributed by atoms with Crippen LogP contribution < -0.4 is 0 Å². The average Bonchev–Trinajstić information content (AvgIpc) is 2.91. The van der Waals surface area contributed by atoms with Crippen molar-refractivity contribution in [2.45, 2.75) is 92.6 Å². The van der Waals surface area contributed by atoms with Crippen molar-refractivity contribution in [3.05, 3.63) is 82.4 Å². The molecule has 0 saturated heterocycles. The van der Waals surface area contributed by atoms with Crippen LogP contribution in [0, 0.1) is 17.8 Å². The van der Waals surface area contributed by atoms with E-state index in [4.69, 9.17) is 18.9 Å². The lowest BCUT2D eigenvalue weighted by Crippen LogP contribution is -2.37. The number of carbonyl (C=O) groups excluding carboxylic acids is 1. The molecular weight excluding hydrogens is 504 g/mol. The van der Waals surface area contributed by atoms with Gasteiger partial charge in [0.05, 0.1) is 13.2 Å². The minimum absolute atomic E-state index is 0.0565. The first-order valence-electron chi connectivity index (χ1n) is 14.4. The van der Waals surface area contributed by atoms with E-state index in [0.717, 1.165) is 35.3 Å². The summed E-state index contributed by atoms with van der Waals surface area (Å²) in [4.78, 5) is 13.4. The first kappa shape index (κ1) is 33.4. The molecule has 0 aromatic heterocycles. The zero-order valence-corrected chi connectivity index (χ0v) is 26.1. The summed E-state index contributed by atoms with van der Waals surface area (Å²) in [6.45, 7) is 16.2. The first-order valence-corrected chi connectivity index (χ1v) is 14.4. The summed E-state index contributed by atoms with van der Waals surface area (Å²) < 4.78 is 23.6. The van der Waals surface area contributed by atoms with E-state index in [1.54, 1.807) is 13.2 Å². The number of carbonyl (C=O) groups is 1. The lowest BCUT2D eigenvalue weighted by Gasteiger charge is -2.29. The van der Waals surface area contributed by atoms with Gasteiger partial charge in [-0.2, -0.15) is 0 Å². The van der Waals surface area contributed by atoms with Gasteiger partial charge in [0.2, 0.25) is 5.76 Å². The molecule has 0 aromatic carbocycles. The quantitative estimate of drug-likeness (QED) is 0.352. The van der Waals surface area contributed by atoms with Gasteiger partial charge in [0.1, 0.15) is 24.1 Å². The standard InChI is InChI=1S/C34H50O6/c1-11-28-23(4)15-16-29(39-28)24(5)20-27(8)33-30(37-9)14-12-13-21(2)17-25(6)32(35)26(7)18-22(3)19-31(38-10)34(36)40-33/h12-16,18-20,25-28,30,32-33,35H,11,17H2,1-10H3/b14-12-,21-13-,22-18-,24-20+,31-19+/t25-,26+,27-,28+,30-,32-,33+/m0/s1. The van der Waals surface area contributed by atoms with E-state index in [1.807, 2.05) is 58.1 Å². The van der Waals surface area contributed by atoms with Gasteiger partial charge in [-0.25, -0.2) is 4.79 Å². The molecular formula is C34H50O6. The molecule has 6 heteroatoms. The van der Waals surface area contributed by atoms with E-state index >= 15 is 0 Å². The minimum atomic E-state index is -0.628. The fourth-order valence-electron chi connectivity index (χ4n) is 5.29. The van der Waals surface area contributed by atoms with Crippen molar-refractivity contribution < 1.29 is 28.8 Å². The lowest BCUT2D eigenvalue weighted by molar-refractivity contribution is -0.155. The van der Waals surface area contributed by atoms with Crippen molar-refractivity contribution in [2.75, 3.05) is 14.2 Å². The van der Waals surface area contributed by atoms with Gasteiger partial charge in [-0.05, 0) is 69.8 Å². The Kier molecular flexibility index (Phi) is 13.2. The SMILES string of the molecule is CC[C@H]1OC(/C(C)=C/[C@H](C)[C@H]2OC(=O)/C(OC)=C\C(C)=C/[C@@H](C)[C@@H](O)[C@@H](C)C/C(C)=C\C=C/[C@@H]2OC)=CC=C1C. The Labute approximate surface area is 241 Å². The Morgan fingerprint density at radius 2 is 1.85 bits per heavy atom. The molecule has 0 fully saturated rings. The number of aliphatic hydroxyl groups excluding tert-OH is 1. The Balaban J connectivity index is 2.51. The fourth-order valence-corrected chi connectivity index (χ4v) is 5.29. The van der Waals surface area contributed by atoms with Gasteiger partial charge in [-0.15, -0.1) is 0 Å². The summed E-state index contributed by atoms with van der Waals surface area (Å²) in [6, 6.07) is 0. The van der Waals surface area contributed by atoms with E-state index in [9.17, 15) is 9.90 Å². The number of rotatable bonds is 6. The molecule has 0 aromatic rings. The molecule has 0 bridgehead atoms. The molecule has 2 aliphatic rings. The van der Waals surface area contributed by atoms with Crippen molar-refractivity contribution in [3.8, 4) is 0 Å². The molecule has 40 heavy (non-hydrogen) atoms.